The van der Waals surface area contributed by atoms with Crippen LogP contribution in [0.25, 0.3) is 0 Å². The highest BCUT2D eigenvalue weighted by Crippen LogP contribution is 2.30. The van der Waals surface area contributed by atoms with Crippen LogP contribution in [0.1, 0.15) is 28.3 Å². The van der Waals surface area contributed by atoms with E-state index in [0.29, 0.717) is 17.0 Å². The molecule has 0 radical (unpaired) electrons. The van der Waals surface area contributed by atoms with Crippen LogP contribution in [0, 0.1) is 11.3 Å². The molecular formula is C23H16ClF3N2. The van der Waals surface area contributed by atoms with Crippen LogP contribution in [0.5, 0.6) is 0 Å². The first-order chi connectivity index (χ1) is 13.9. The second-order valence-electron chi connectivity index (χ2n) is 6.43. The van der Waals surface area contributed by atoms with Crippen molar-refractivity contribution in [1.82, 2.24) is 0 Å². The lowest BCUT2D eigenvalue weighted by molar-refractivity contribution is -0.137. The van der Waals surface area contributed by atoms with Crippen LogP contribution < -0.4 is 0 Å². The predicted molar refractivity (Wildman–Crippen MR) is 108 cm³/mol. The first kappa shape index (κ1) is 20.6. The smallest absolute Gasteiger partial charge is 0.265 e. The van der Waals surface area contributed by atoms with Crippen LogP contribution in [-0.2, 0) is 12.6 Å². The number of nitrogens with zero attached hydrogens (tertiary/aromatic N) is 2. The molecule has 0 unspecified atom stereocenters. The van der Waals surface area contributed by atoms with E-state index in [1.165, 1.54) is 12.1 Å². The van der Waals surface area contributed by atoms with E-state index in [-0.39, 0.29) is 5.71 Å². The number of nitriles is 1. The Morgan fingerprint density at radius 2 is 1.66 bits per heavy atom. The Morgan fingerprint density at radius 3 is 2.24 bits per heavy atom. The molecule has 1 atom stereocenters. The molecular weight excluding hydrogens is 397 g/mol. The second kappa shape index (κ2) is 8.93. The molecule has 6 heteroatoms. The lowest BCUT2D eigenvalue weighted by Crippen LogP contribution is -2.08. The molecule has 0 aliphatic rings. The number of aliphatic imine (C=N–C) groups is 1. The number of rotatable bonds is 5. The summed E-state index contributed by atoms with van der Waals surface area (Å²) < 4.78 is 38.4. The summed E-state index contributed by atoms with van der Waals surface area (Å²) in [7, 11) is 0. The van der Waals surface area contributed by atoms with Crippen molar-refractivity contribution in [3.05, 3.63) is 106 Å². The van der Waals surface area contributed by atoms with E-state index >= 15 is 0 Å². The van der Waals surface area contributed by atoms with Gasteiger partial charge in [0.1, 0.15) is 11.8 Å². The zero-order valence-electron chi connectivity index (χ0n) is 15.2. The molecule has 0 N–H and O–H groups in total. The van der Waals surface area contributed by atoms with Crippen molar-refractivity contribution in [3.63, 3.8) is 0 Å². The fourth-order valence-electron chi connectivity index (χ4n) is 2.93. The van der Waals surface area contributed by atoms with Crippen LogP contribution in [0.15, 0.2) is 83.9 Å². The van der Waals surface area contributed by atoms with Crippen LogP contribution in [-0.4, -0.2) is 5.71 Å². The summed E-state index contributed by atoms with van der Waals surface area (Å²) in [6.07, 6.45) is -3.91. The molecule has 0 heterocycles. The molecule has 0 aliphatic heterocycles. The summed E-state index contributed by atoms with van der Waals surface area (Å²) in [4.78, 5) is 4.58. The van der Waals surface area contributed by atoms with Gasteiger partial charge in [-0.05, 0) is 41.8 Å². The number of halogens is 4. The van der Waals surface area contributed by atoms with Gasteiger partial charge >= 0.3 is 6.18 Å². The van der Waals surface area contributed by atoms with Gasteiger partial charge in [0.05, 0.1) is 11.6 Å². The fraction of sp³-hybridized carbons (Fsp3) is 0.130. The maximum absolute atomic E-state index is 12.8. The lowest BCUT2D eigenvalue weighted by Gasteiger charge is -2.15. The minimum atomic E-state index is -4.43. The van der Waals surface area contributed by atoms with Crippen molar-refractivity contribution < 1.29 is 13.2 Å². The van der Waals surface area contributed by atoms with E-state index in [1.807, 2.05) is 42.5 Å². The molecule has 0 saturated heterocycles. The average molecular weight is 413 g/mol. The van der Waals surface area contributed by atoms with Gasteiger partial charge in [-0.3, -0.25) is 4.99 Å². The average Bonchev–Trinajstić information content (AvgIpc) is 2.71. The highest BCUT2D eigenvalue weighted by Gasteiger charge is 2.30. The maximum atomic E-state index is 12.8. The molecule has 3 rings (SSSR count). The zero-order chi connectivity index (χ0) is 20.9. The van der Waals surface area contributed by atoms with Gasteiger partial charge < -0.3 is 0 Å². The molecule has 2 nitrogen and oxygen atoms in total. The monoisotopic (exact) mass is 412 g/mol. The normalized spacial score (nSPS) is 13.0. The molecule has 3 aromatic carbocycles. The molecule has 29 heavy (non-hydrogen) atoms. The standard InChI is InChI=1S/C23H16ClF3N2/c24-20-8-4-7-18(14-20)21(13-16-5-2-1-3-6-16)29-22(15-28)17-9-11-19(12-10-17)23(25,26)27/h1-12,14,21H,13H2/t21-/m1/s1. The summed E-state index contributed by atoms with van der Waals surface area (Å²) in [5.74, 6) is 0. The summed E-state index contributed by atoms with van der Waals surface area (Å²) in [6.45, 7) is 0. The minimum absolute atomic E-state index is 0.0691. The lowest BCUT2D eigenvalue weighted by atomic mass is 9.98. The summed E-state index contributed by atoms with van der Waals surface area (Å²) in [5, 5.41) is 10.1. The van der Waals surface area contributed by atoms with Gasteiger partial charge in [-0.2, -0.15) is 18.4 Å². The molecule has 0 amide bonds. The van der Waals surface area contributed by atoms with E-state index < -0.39 is 17.8 Å². The van der Waals surface area contributed by atoms with Crippen LogP contribution in [0.2, 0.25) is 5.02 Å². The summed E-state index contributed by atoms with van der Waals surface area (Å²) in [5.41, 5.74) is 1.47. The topological polar surface area (TPSA) is 36.1 Å². The second-order valence-corrected chi connectivity index (χ2v) is 6.86. The third-order valence-electron chi connectivity index (χ3n) is 4.38. The predicted octanol–water partition coefficient (Wildman–Crippen LogP) is 6.66. The van der Waals surface area contributed by atoms with Gasteiger partial charge in [-0.1, -0.05) is 66.2 Å². The quantitative estimate of drug-likeness (QED) is 0.432. The molecule has 0 aliphatic carbocycles. The van der Waals surface area contributed by atoms with Crippen LogP contribution in [0.3, 0.4) is 0 Å². The zero-order valence-corrected chi connectivity index (χ0v) is 16.0. The molecule has 146 valence electrons. The van der Waals surface area contributed by atoms with Crippen molar-refractivity contribution in [1.29, 1.82) is 5.26 Å². The largest absolute Gasteiger partial charge is 0.416 e. The Kier molecular flexibility index (Phi) is 6.36. The maximum Gasteiger partial charge on any atom is 0.416 e. The Labute approximate surface area is 171 Å². The minimum Gasteiger partial charge on any atom is -0.265 e. The van der Waals surface area contributed by atoms with Gasteiger partial charge in [-0.25, -0.2) is 0 Å². The molecule has 0 aromatic heterocycles. The molecule has 0 bridgehead atoms. The van der Waals surface area contributed by atoms with Gasteiger partial charge in [0.15, 0.2) is 0 Å². The van der Waals surface area contributed by atoms with Crippen molar-refractivity contribution in [2.75, 3.05) is 0 Å². The Balaban J connectivity index is 1.99. The first-order valence-electron chi connectivity index (χ1n) is 8.82. The summed E-state index contributed by atoms with van der Waals surface area (Å²) >= 11 is 6.12. The SMILES string of the molecule is N#CC(=N[C@H](Cc1ccccc1)c1cccc(Cl)c1)c1ccc(C(F)(F)F)cc1. The van der Waals surface area contributed by atoms with Crippen molar-refractivity contribution in [2.45, 2.75) is 18.6 Å². The third-order valence-corrected chi connectivity index (χ3v) is 4.62. The van der Waals surface area contributed by atoms with E-state index in [0.717, 1.165) is 23.3 Å². The van der Waals surface area contributed by atoms with E-state index in [2.05, 4.69) is 4.99 Å². The highest BCUT2D eigenvalue weighted by atomic mass is 35.5. The Bertz CT molecular complexity index is 1040. The molecule has 0 spiro atoms. The van der Waals surface area contributed by atoms with E-state index in [1.54, 1.807) is 18.2 Å². The molecule has 0 fully saturated rings. The van der Waals surface area contributed by atoms with Crippen LogP contribution >= 0.6 is 11.6 Å². The van der Waals surface area contributed by atoms with Crippen molar-refractivity contribution in [3.8, 4) is 6.07 Å². The first-order valence-corrected chi connectivity index (χ1v) is 9.19. The fourth-order valence-corrected chi connectivity index (χ4v) is 3.13. The number of hydrogen-bond acceptors (Lipinski definition) is 2. The Morgan fingerprint density at radius 1 is 0.966 bits per heavy atom. The Hall–Kier alpha value is -3.10. The number of benzene rings is 3. The van der Waals surface area contributed by atoms with Gasteiger partial charge in [0.2, 0.25) is 0 Å². The van der Waals surface area contributed by atoms with Gasteiger partial charge in [-0.15, -0.1) is 0 Å². The van der Waals surface area contributed by atoms with Gasteiger partial charge in [0, 0.05) is 10.6 Å². The van der Waals surface area contributed by atoms with Gasteiger partial charge in [0.25, 0.3) is 0 Å². The highest BCUT2D eigenvalue weighted by molar-refractivity contribution is 6.30. The number of alkyl halides is 3. The van der Waals surface area contributed by atoms with Crippen LogP contribution in [0.4, 0.5) is 13.2 Å². The molecule has 0 saturated carbocycles. The van der Waals surface area contributed by atoms with Crippen molar-refractivity contribution >= 4 is 17.3 Å². The summed E-state index contributed by atoms with van der Waals surface area (Å²) in [6, 6.07) is 22.9. The van der Waals surface area contributed by atoms with E-state index in [4.69, 9.17) is 11.6 Å². The third kappa shape index (κ3) is 5.46. The van der Waals surface area contributed by atoms with Crippen molar-refractivity contribution in [2.24, 2.45) is 4.99 Å². The number of hydrogen-bond donors (Lipinski definition) is 0. The molecule has 3 aromatic rings. The van der Waals surface area contributed by atoms with E-state index in [9.17, 15) is 18.4 Å².